The van der Waals surface area contributed by atoms with Crippen LogP contribution in [0.25, 0.3) is 0 Å². The summed E-state index contributed by atoms with van der Waals surface area (Å²) in [7, 11) is 0. The van der Waals surface area contributed by atoms with E-state index >= 15 is 0 Å². The van der Waals surface area contributed by atoms with Gasteiger partial charge < -0.3 is 15.5 Å². The Morgan fingerprint density at radius 1 is 1.29 bits per heavy atom. The number of amides is 1. The SMILES string of the molecule is CC1(C)CC1C(=O)N1CCCN(CCN)CC1. The summed E-state index contributed by atoms with van der Waals surface area (Å²) in [5.74, 6) is 0.660. The van der Waals surface area contributed by atoms with Crippen molar-refractivity contribution in [3.05, 3.63) is 0 Å². The van der Waals surface area contributed by atoms with Crippen molar-refractivity contribution in [3.8, 4) is 0 Å². The largest absolute Gasteiger partial charge is 0.341 e. The molecule has 1 saturated heterocycles. The number of rotatable bonds is 3. The topological polar surface area (TPSA) is 49.6 Å². The fourth-order valence-electron chi connectivity index (χ4n) is 2.71. The first-order valence-corrected chi connectivity index (χ1v) is 6.76. The molecule has 0 spiro atoms. The van der Waals surface area contributed by atoms with E-state index in [1.807, 2.05) is 0 Å². The van der Waals surface area contributed by atoms with Crippen LogP contribution in [-0.4, -0.2) is 55.0 Å². The molecule has 2 fully saturated rings. The summed E-state index contributed by atoms with van der Waals surface area (Å²) in [6.07, 6.45) is 2.15. The van der Waals surface area contributed by atoms with E-state index in [1.54, 1.807) is 0 Å². The van der Waals surface area contributed by atoms with Gasteiger partial charge in [-0.25, -0.2) is 0 Å². The highest BCUT2D eigenvalue weighted by atomic mass is 16.2. The molecule has 0 aromatic rings. The number of carbonyl (C=O) groups is 1. The van der Waals surface area contributed by atoms with Gasteiger partial charge in [-0.2, -0.15) is 0 Å². The van der Waals surface area contributed by atoms with E-state index in [0.29, 0.717) is 12.5 Å². The maximum absolute atomic E-state index is 12.3. The van der Waals surface area contributed by atoms with E-state index in [1.165, 1.54) is 0 Å². The van der Waals surface area contributed by atoms with Crippen molar-refractivity contribution in [1.29, 1.82) is 0 Å². The minimum atomic E-state index is 0.250. The Morgan fingerprint density at radius 3 is 2.59 bits per heavy atom. The fraction of sp³-hybridized carbons (Fsp3) is 0.923. The van der Waals surface area contributed by atoms with E-state index in [4.69, 9.17) is 5.73 Å². The molecule has 1 unspecified atom stereocenters. The van der Waals surface area contributed by atoms with Crippen LogP contribution < -0.4 is 5.73 Å². The quantitative estimate of drug-likeness (QED) is 0.781. The lowest BCUT2D eigenvalue weighted by atomic mass is 10.1. The maximum Gasteiger partial charge on any atom is 0.226 e. The van der Waals surface area contributed by atoms with Crippen LogP contribution in [0.3, 0.4) is 0 Å². The van der Waals surface area contributed by atoms with Gasteiger partial charge in [0.1, 0.15) is 0 Å². The van der Waals surface area contributed by atoms with Gasteiger partial charge in [0.15, 0.2) is 0 Å². The van der Waals surface area contributed by atoms with Gasteiger partial charge in [0.05, 0.1) is 0 Å². The van der Waals surface area contributed by atoms with Gasteiger partial charge in [0.25, 0.3) is 0 Å². The first kappa shape index (κ1) is 12.8. The molecule has 0 aromatic heterocycles. The normalized spacial score (nSPS) is 28.9. The molecular formula is C13H25N3O. The Kier molecular flexibility index (Phi) is 3.73. The summed E-state index contributed by atoms with van der Waals surface area (Å²) in [4.78, 5) is 16.7. The molecule has 1 amide bonds. The van der Waals surface area contributed by atoms with Crippen LogP contribution in [-0.2, 0) is 4.79 Å². The summed E-state index contributed by atoms with van der Waals surface area (Å²) < 4.78 is 0. The third-order valence-electron chi connectivity index (χ3n) is 4.16. The molecule has 2 N–H and O–H groups in total. The van der Waals surface area contributed by atoms with Gasteiger partial charge in [0, 0.05) is 38.6 Å². The first-order chi connectivity index (χ1) is 8.04. The van der Waals surface area contributed by atoms with Crippen LogP contribution in [0.5, 0.6) is 0 Å². The summed E-state index contributed by atoms with van der Waals surface area (Å²) >= 11 is 0. The van der Waals surface area contributed by atoms with Crippen molar-refractivity contribution >= 4 is 5.91 Å². The standard InChI is InChI=1S/C13H25N3O/c1-13(2)10-11(13)12(17)16-6-3-5-15(7-4-14)8-9-16/h11H,3-10,14H2,1-2H3. The van der Waals surface area contributed by atoms with E-state index in [-0.39, 0.29) is 11.3 Å². The van der Waals surface area contributed by atoms with Crippen molar-refractivity contribution in [2.45, 2.75) is 26.7 Å². The van der Waals surface area contributed by atoms with Crippen LogP contribution in [0.2, 0.25) is 0 Å². The van der Waals surface area contributed by atoms with Crippen LogP contribution in [0.1, 0.15) is 26.7 Å². The monoisotopic (exact) mass is 239 g/mol. The zero-order valence-corrected chi connectivity index (χ0v) is 11.1. The molecule has 1 atom stereocenters. The maximum atomic E-state index is 12.3. The highest BCUT2D eigenvalue weighted by Gasteiger charge is 2.51. The predicted octanol–water partition coefficient (Wildman–Crippen LogP) is 0.526. The molecule has 1 saturated carbocycles. The Bertz CT molecular complexity index is 290. The van der Waals surface area contributed by atoms with Crippen LogP contribution in [0.15, 0.2) is 0 Å². The van der Waals surface area contributed by atoms with E-state index in [0.717, 1.165) is 45.6 Å². The molecule has 0 aromatic carbocycles. The highest BCUT2D eigenvalue weighted by Crippen LogP contribution is 2.52. The molecule has 1 aliphatic carbocycles. The number of hydrogen-bond donors (Lipinski definition) is 1. The van der Waals surface area contributed by atoms with Gasteiger partial charge in [-0.3, -0.25) is 4.79 Å². The molecule has 4 heteroatoms. The number of nitrogens with zero attached hydrogens (tertiary/aromatic N) is 2. The lowest BCUT2D eigenvalue weighted by Gasteiger charge is -2.22. The zero-order valence-electron chi connectivity index (χ0n) is 11.1. The van der Waals surface area contributed by atoms with Gasteiger partial charge in [-0.05, 0) is 24.8 Å². The number of carbonyl (C=O) groups excluding carboxylic acids is 1. The number of nitrogens with two attached hydrogens (primary N) is 1. The molecule has 2 rings (SSSR count). The zero-order chi connectivity index (χ0) is 12.5. The second-order valence-corrected chi connectivity index (χ2v) is 6.05. The molecule has 1 heterocycles. The average molecular weight is 239 g/mol. The Hall–Kier alpha value is -0.610. The summed E-state index contributed by atoms with van der Waals surface area (Å²) in [5, 5.41) is 0. The Morgan fingerprint density at radius 2 is 2.00 bits per heavy atom. The number of hydrogen-bond acceptors (Lipinski definition) is 3. The van der Waals surface area contributed by atoms with Crippen LogP contribution in [0, 0.1) is 11.3 Å². The van der Waals surface area contributed by atoms with Crippen molar-refractivity contribution in [2.24, 2.45) is 17.1 Å². The molecule has 1 aliphatic heterocycles. The van der Waals surface area contributed by atoms with Gasteiger partial charge in [-0.1, -0.05) is 13.8 Å². The van der Waals surface area contributed by atoms with Crippen molar-refractivity contribution in [1.82, 2.24) is 9.80 Å². The molecule has 17 heavy (non-hydrogen) atoms. The second-order valence-electron chi connectivity index (χ2n) is 6.05. The van der Waals surface area contributed by atoms with E-state index in [2.05, 4.69) is 23.6 Å². The molecule has 2 aliphatic rings. The highest BCUT2D eigenvalue weighted by molar-refractivity contribution is 5.82. The second kappa shape index (κ2) is 4.94. The molecule has 0 radical (unpaired) electrons. The predicted molar refractivity (Wildman–Crippen MR) is 68.6 cm³/mol. The lowest BCUT2D eigenvalue weighted by Crippen LogP contribution is -2.37. The molecular weight excluding hydrogens is 214 g/mol. The van der Waals surface area contributed by atoms with Gasteiger partial charge in [0.2, 0.25) is 5.91 Å². The van der Waals surface area contributed by atoms with E-state index < -0.39 is 0 Å². The third kappa shape index (κ3) is 2.99. The molecule has 98 valence electrons. The van der Waals surface area contributed by atoms with E-state index in [9.17, 15) is 4.79 Å². The van der Waals surface area contributed by atoms with Crippen molar-refractivity contribution in [2.75, 3.05) is 39.3 Å². The third-order valence-corrected chi connectivity index (χ3v) is 4.16. The Balaban J connectivity index is 1.84. The average Bonchev–Trinajstić information content (AvgIpc) is 2.96. The summed E-state index contributed by atoms with van der Waals surface area (Å²) in [6.45, 7) is 9.91. The minimum Gasteiger partial charge on any atom is -0.341 e. The van der Waals surface area contributed by atoms with Crippen molar-refractivity contribution in [3.63, 3.8) is 0 Å². The first-order valence-electron chi connectivity index (χ1n) is 6.76. The summed E-state index contributed by atoms with van der Waals surface area (Å²) in [6, 6.07) is 0. The minimum absolute atomic E-state index is 0.250. The van der Waals surface area contributed by atoms with Crippen molar-refractivity contribution < 1.29 is 4.79 Å². The van der Waals surface area contributed by atoms with Crippen LogP contribution >= 0.6 is 0 Å². The van der Waals surface area contributed by atoms with Crippen LogP contribution in [0.4, 0.5) is 0 Å². The Labute approximate surface area is 104 Å². The van der Waals surface area contributed by atoms with Gasteiger partial charge in [-0.15, -0.1) is 0 Å². The fourth-order valence-corrected chi connectivity index (χ4v) is 2.71. The van der Waals surface area contributed by atoms with Gasteiger partial charge >= 0.3 is 0 Å². The lowest BCUT2D eigenvalue weighted by molar-refractivity contribution is -0.133. The summed E-state index contributed by atoms with van der Waals surface area (Å²) in [5.41, 5.74) is 5.83. The smallest absolute Gasteiger partial charge is 0.226 e. The molecule has 0 bridgehead atoms. The molecule has 4 nitrogen and oxygen atoms in total.